The first-order valence-electron chi connectivity index (χ1n) is 8.18. The van der Waals surface area contributed by atoms with Gasteiger partial charge >= 0.3 is 0 Å². The minimum absolute atomic E-state index is 0.0455. The van der Waals surface area contributed by atoms with Gasteiger partial charge in [-0.05, 0) is 55.5 Å². The molecule has 0 aliphatic rings. The van der Waals surface area contributed by atoms with Crippen LogP contribution < -0.4 is 4.74 Å². The zero-order chi connectivity index (χ0) is 19.4. The normalized spacial score (nSPS) is 11.7. The maximum atomic E-state index is 12.7. The number of halogens is 1. The Balaban J connectivity index is 1.74. The topological polar surface area (TPSA) is 85.5 Å². The molecule has 0 unspecified atom stereocenters. The molecule has 0 radical (unpaired) electrons. The zero-order valence-electron chi connectivity index (χ0n) is 14.8. The van der Waals surface area contributed by atoms with Crippen LogP contribution in [0.4, 0.5) is 0 Å². The molecule has 0 fully saturated rings. The van der Waals surface area contributed by atoms with Crippen molar-refractivity contribution in [3.8, 4) is 17.1 Å². The molecule has 0 spiro atoms. The molecule has 3 rings (SSSR count). The maximum absolute atomic E-state index is 12.7. The van der Waals surface area contributed by atoms with Gasteiger partial charge in [-0.2, -0.15) is 9.29 Å². The van der Waals surface area contributed by atoms with Crippen molar-refractivity contribution in [3.05, 3.63) is 59.4 Å². The second-order valence-corrected chi connectivity index (χ2v) is 8.17. The van der Waals surface area contributed by atoms with E-state index in [9.17, 15) is 8.42 Å². The second kappa shape index (κ2) is 8.08. The number of sulfonamides is 1. The maximum Gasteiger partial charge on any atom is 0.243 e. The summed E-state index contributed by atoms with van der Waals surface area (Å²) in [6.07, 6.45) is 0. The Morgan fingerprint density at radius 2 is 1.78 bits per heavy atom. The monoisotopic (exact) mass is 407 g/mol. The van der Waals surface area contributed by atoms with Crippen LogP contribution in [0.5, 0.6) is 5.75 Å². The van der Waals surface area contributed by atoms with Gasteiger partial charge in [0.2, 0.25) is 21.7 Å². The summed E-state index contributed by atoms with van der Waals surface area (Å²) in [4.78, 5) is 4.41. The molecule has 1 aromatic heterocycles. The highest BCUT2D eigenvalue weighted by Gasteiger charge is 2.23. The van der Waals surface area contributed by atoms with Gasteiger partial charge in [0.05, 0.1) is 18.0 Å². The number of aromatic nitrogens is 2. The molecular formula is C18H18ClN3O4S. The van der Waals surface area contributed by atoms with Crippen molar-refractivity contribution in [1.82, 2.24) is 14.4 Å². The Hall–Kier alpha value is -2.42. The van der Waals surface area contributed by atoms with Crippen molar-refractivity contribution in [2.75, 3.05) is 13.7 Å². The third-order valence-electron chi connectivity index (χ3n) is 3.77. The van der Waals surface area contributed by atoms with E-state index in [0.29, 0.717) is 23.2 Å². The average molecular weight is 408 g/mol. The minimum atomic E-state index is -3.70. The van der Waals surface area contributed by atoms with Gasteiger partial charge in [-0.25, -0.2) is 8.42 Å². The van der Waals surface area contributed by atoms with Crippen LogP contribution in [0, 0.1) is 0 Å². The molecule has 3 aromatic rings. The van der Waals surface area contributed by atoms with Crippen LogP contribution in [0.1, 0.15) is 12.8 Å². The minimum Gasteiger partial charge on any atom is -0.494 e. The van der Waals surface area contributed by atoms with E-state index in [2.05, 4.69) is 10.1 Å². The van der Waals surface area contributed by atoms with Crippen LogP contribution in [-0.4, -0.2) is 36.5 Å². The fraction of sp³-hybridized carbons (Fsp3) is 0.222. The van der Waals surface area contributed by atoms with E-state index in [4.69, 9.17) is 20.9 Å². The second-order valence-electron chi connectivity index (χ2n) is 5.68. The van der Waals surface area contributed by atoms with Gasteiger partial charge in [0.25, 0.3) is 0 Å². The summed E-state index contributed by atoms with van der Waals surface area (Å²) < 4.78 is 37.1. The molecular weight excluding hydrogens is 390 g/mol. The van der Waals surface area contributed by atoms with E-state index in [1.54, 1.807) is 36.4 Å². The summed E-state index contributed by atoms with van der Waals surface area (Å²) in [7, 11) is -2.24. The van der Waals surface area contributed by atoms with Gasteiger partial charge in [-0.1, -0.05) is 16.8 Å². The third kappa shape index (κ3) is 4.47. The largest absolute Gasteiger partial charge is 0.494 e. The van der Waals surface area contributed by atoms with Crippen molar-refractivity contribution in [3.63, 3.8) is 0 Å². The quantitative estimate of drug-likeness (QED) is 0.594. The number of benzene rings is 2. The Bertz CT molecular complexity index is 1000. The van der Waals surface area contributed by atoms with Crippen molar-refractivity contribution in [2.24, 2.45) is 0 Å². The molecule has 1 heterocycles. The van der Waals surface area contributed by atoms with E-state index in [0.717, 1.165) is 9.87 Å². The molecule has 0 bridgehead atoms. The highest BCUT2D eigenvalue weighted by Crippen LogP contribution is 2.22. The van der Waals surface area contributed by atoms with Crippen LogP contribution in [0.2, 0.25) is 5.02 Å². The SMILES string of the molecule is CCOc1ccc(S(=O)(=O)N(C)Cc2nc(-c3ccc(Cl)cc3)no2)cc1. The fourth-order valence-electron chi connectivity index (χ4n) is 2.37. The molecule has 0 saturated heterocycles. The molecule has 9 heteroatoms. The molecule has 2 aromatic carbocycles. The van der Waals surface area contributed by atoms with Gasteiger partial charge in [0, 0.05) is 17.6 Å². The smallest absolute Gasteiger partial charge is 0.243 e. The molecule has 0 N–H and O–H groups in total. The van der Waals surface area contributed by atoms with E-state index in [-0.39, 0.29) is 17.3 Å². The summed E-state index contributed by atoms with van der Waals surface area (Å²) in [6.45, 7) is 2.33. The standard InChI is InChI=1S/C18H18ClN3O4S/c1-3-25-15-8-10-16(11-9-15)27(23,24)22(2)12-17-20-18(21-26-17)13-4-6-14(19)7-5-13/h4-11H,3,12H2,1-2H3. The molecule has 7 nitrogen and oxygen atoms in total. The lowest BCUT2D eigenvalue weighted by Gasteiger charge is -2.15. The van der Waals surface area contributed by atoms with E-state index in [1.165, 1.54) is 19.2 Å². The first kappa shape index (κ1) is 19.3. The average Bonchev–Trinajstić information content (AvgIpc) is 3.11. The number of ether oxygens (including phenoxy) is 1. The Labute approximate surface area is 162 Å². The Morgan fingerprint density at radius 1 is 1.11 bits per heavy atom. The van der Waals surface area contributed by atoms with E-state index >= 15 is 0 Å². The summed E-state index contributed by atoms with van der Waals surface area (Å²) in [5.41, 5.74) is 0.728. The van der Waals surface area contributed by atoms with Crippen LogP contribution in [0.3, 0.4) is 0 Å². The number of hydrogen-bond acceptors (Lipinski definition) is 6. The molecule has 0 amide bonds. The molecule has 0 atom stereocenters. The summed E-state index contributed by atoms with van der Waals surface area (Å²) >= 11 is 5.86. The van der Waals surface area contributed by atoms with E-state index in [1.807, 2.05) is 6.92 Å². The van der Waals surface area contributed by atoms with Crippen molar-refractivity contribution in [1.29, 1.82) is 0 Å². The lowest BCUT2D eigenvalue weighted by molar-refractivity contribution is 0.336. The summed E-state index contributed by atoms with van der Waals surface area (Å²) in [5, 5.41) is 4.49. The predicted octanol–water partition coefficient (Wildman–Crippen LogP) is 3.61. The van der Waals surface area contributed by atoms with Gasteiger partial charge in [0.1, 0.15) is 5.75 Å². The lowest BCUT2D eigenvalue weighted by atomic mass is 10.2. The van der Waals surface area contributed by atoms with Crippen LogP contribution in [-0.2, 0) is 16.6 Å². The molecule has 27 heavy (non-hydrogen) atoms. The Morgan fingerprint density at radius 3 is 2.41 bits per heavy atom. The molecule has 0 saturated carbocycles. The van der Waals surface area contributed by atoms with E-state index < -0.39 is 10.0 Å². The van der Waals surface area contributed by atoms with Crippen molar-refractivity contribution < 1.29 is 17.7 Å². The molecule has 0 aliphatic carbocycles. The number of hydrogen-bond donors (Lipinski definition) is 0. The van der Waals surface area contributed by atoms with Crippen molar-refractivity contribution in [2.45, 2.75) is 18.4 Å². The first-order valence-corrected chi connectivity index (χ1v) is 9.99. The zero-order valence-corrected chi connectivity index (χ0v) is 16.4. The van der Waals surface area contributed by atoms with Crippen LogP contribution in [0.25, 0.3) is 11.4 Å². The fourth-order valence-corrected chi connectivity index (χ4v) is 3.61. The van der Waals surface area contributed by atoms with Gasteiger partial charge < -0.3 is 9.26 Å². The van der Waals surface area contributed by atoms with Gasteiger partial charge in [-0.3, -0.25) is 0 Å². The predicted molar refractivity (Wildman–Crippen MR) is 101 cm³/mol. The van der Waals surface area contributed by atoms with Crippen LogP contribution >= 0.6 is 11.6 Å². The lowest BCUT2D eigenvalue weighted by Crippen LogP contribution is -2.26. The first-order chi connectivity index (χ1) is 12.9. The summed E-state index contributed by atoms with van der Waals surface area (Å²) in [6, 6.07) is 13.2. The highest BCUT2D eigenvalue weighted by atomic mass is 35.5. The van der Waals surface area contributed by atoms with Gasteiger partial charge in [0.15, 0.2) is 0 Å². The van der Waals surface area contributed by atoms with Gasteiger partial charge in [-0.15, -0.1) is 0 Å². The van der Waals surface area contributed by atoms with Crippen molar-refractivity contribution >= 4 is 21.6 Å². The molecule has 0 aliphatic heterocycles. The Kier molecular flexibility index (Phi) is 5.79. The number of nitrogens with zero attached hydrogens (tertiary/aromatic N) is 3. The van der Waals surface area contributed by atoms with Crippen LogP contribution in [0.15, 0.2) is 57.9 Å². The number of rotatable bonds is 7. The molecule has 142 valence electrons. The highest BCUT2D eigenvalue weighted by molar-refractivity contribution is 7.89. The third-order valence-corrected chi connectivity index (χ3v) is 5.84. The summed E-state index contributed by atoms with van der Waals surface area (Å²) in [5.74, 6) is 1.18.